The van der Waals surface area contributed by atoms with Crippen LogP contribution in [-0.4, -0.2) is 86.4 Å². The number of esters is 3. The second kappa shape index (κ2) is 46.2. The Balaban J connectivity index is 2.25. The molecule has 5 atom stereocenters. The van der Waals surface area contributed by atoms with E-state index in [-0.39, 0.29) is 31.1 Å². The molecule has 0 bridgehead atoms. The number of carbonyl (C=O) groups excluding carboxylic acids is 3. The first-order valence-electron chi connectivity index (χ1n) is 26.3. The average Bonchev–Trinajstić information content (AvgIpc) is 4.02. The van der Waals surface area contributed by atoms with Crippen LogP contribution in [0.4, 0.5) is 0 Å². The maximum atomic E-state index is 12.8. The molecule has 1 aliphatic heterocycles. The smallest absolute Gasteiger partial charge is 0.306 e. The van der Waals surface area contributed by atoms with Crippen LogP contribution in [0.3, 0.4) is 0 Å². The van der Waals surface area contributed by atoms with Gasteiger partial charge in [-0.3, -0.25) is 14.4 Å². The number of hydrogen-bond acceptors (Lipinski definition) is 7. The molecule has 1 aliphatic rings. The van der Waals surface area contributed by atoms with Crippen molar-refractivity contribution in [3.05, 3.63) is 0 Å². The van der Waals surface area contributed by atoms with Gasteiger partial charge in [0, 0.05) is 19.3 Å². The van der Waals surface area contributed by atoms with Crippen molar-refractivity contribution < 1.29 is 33.3 Å². The summed E-state index contributed by atoms with van der Waals surface area (Å²) in [4.78, 5) is 38.1. The van der Waals surface area contributed by atoms with Crippen LogP contribution in [0.15, 0.2) is 0 Å². The van der Waals surface area contributed by atoms with Crippen LogP contribution < -0.4 is 0 Å². The van der Waals surface area contributed by atoms with Crippen LogP contribution in [-0.2, 0) is 33.3 Å². The van der Waals surface area contributed by atoms with Crippen LogP contribution in [0.2, 0.25) is 0 Å². The molecule has 0 aliphatic carbocycles. The van der Waals surface area contributed by atoms with Crippen molar-refractivity contribution >= 4 is 43.7 Å². The summed E-state index contributed by atoms with van der Waals surface area (Å²) in [7, 11) is 3.24. The molecule has 1 rings (SSSR count). The molecule has 0 aromatic heterocycles. The molecule has 0 spiro atoms. The Morgan fingerprint density at radius 2 is 0.754 bits per heavy atom. The Hall–Kier alpha value is -0.340. The Labute approximate surface area is 383 Å². The molecule has 7 nitrogen and oxygen atoms in total. The lowest BCUT2D eigenvalue weighted by Crippen LogP contribution is -2.30. The fraction of sp³-hybridized carbons (Fsp3) is 0.941. The van der Waals surface area contributed by atoms with Crippen LogP contribution in [0.25, 0.3) is 0 Å². The fourth-order valence-corrected chi connectivity index (χ4v) is 11.6. The number of epoxide rings is 1. The molecule has 0 N–H and O–H groups in total. The summed E-state index contributed by atoms with van der Waals surface area (Å²) in [6.45, 7) is 6.67. The molecular weight excluding hydrogens is 817 g/mol. The van der Waals surface area contributed by atoms with Gasteiger partial charge in [0.15, 0.2) is 6.10 Å². The summed E-state index contributed by atoms with van der Waals surface area (Å²) in [5.74, 6) is -0.858. The molecule has 0 saturated carbocycles. The molecule has 0 amide bonds. The minimum Gasteiger partial charge on any atom is -0.462 e. The topological polar surface area (TPSA) is 91.4 Å². The molecule has 0 aromatic rings. The van der Waals surface area contributed by atoms with Gasteiger partial charge >= 0.3 is 17.9 Å². The third-order valence-electron chi connectivity index (χ3n) is 11.9. The first kappa shape index (κ1) is 58.7. The van der Waals surface area contributed by atoms with Gasteiger partial charge in [-0.2, -0.15) is 0 Å². The molecule has 5 unspecified atom stereocenters. The first-order valence-corrected chi connectivity index (χ1v) is 30.5. The van der Waals surface area contributed by atoms with Crippen molar-refractivity contribution in [2.45, 2.75) is 257 Å². The molecule has 1 saturated heterocycles. The molecule has 10 heteroatoms. The van der Waals surface area contributed by atoms with Crippen LogP contribution >= 0.6 is 25.7 Å². The molecule has 360 valence electrons. The fourth-order valence-electron chi connectivity index (χ4n) is 7.79. The summed E-state index contributed by atoms with van der Waals surface area (Å²) < 4.78 is 22.7. The van der Waals surface area contributed by atoms with Gasteiger partial charge in [0.05, 0.1) is 12.2 Å². The Kier molecular flexibility index (Phi) is 44.4. The second-order valence-corrected chi connectivity index (χ2v) is 22.4. The minimum absolute atomic E-state index is 0.0691. The predicted molar refractivity (Wildman–Crippen MR) is 269 cm³/mol. The van der Waals surface area contributed by atoms with E-state index in [1.54, 1.807) is 0 Å². The van der Waals surface area contributed by atoms with Crippen LogP contribution in [0, 0.1) is 0 Å². The van der Waals surface area contributed by atoms with E-state index < -0.39 is 6.10 Å². The van der Waals surface area contributed by atoms with E-state index in [2.05, 4.69) is 20.8 Å². The maximum absolute atomic E-state index is 12.8. The Bertz CT molecular complexity index is 938. The highest BCUT2D eigenvalue weighted by Gasteiger charge is 2.37. The number of unbranched alkanes of at least 4 members (excludes halogenated alkanes) is 24. The highest BCUT2D eigenvalue weighted by Crippen LogP contribution is 2.33. The van der Waals surface area contributed by atoms with Gasteiger partial charge in [0.25, 0.3) is 0 Å². The quantitative estimate of drug-likeness (QED) is 0.0197. The summed E-state index contributed by atoms with van der Waals surface area (Å²) in [5.41, 5.74) is 0. The van der Waals surface area contributed by atoms with Crippen molar-refractivity contribution in [3.8, 4) is 0 Å². The maximum Gasteiger partial charge on any atom is 0.306 e. The van der Waals surface area contributed by atoms with Crippen molar-refractivity contribution in [3.63, 3.8) is 0 Å². The van der Waals surface area contributed by atoms with E-state index in [9.17, 15) is 14.4 Å². The molecular formula is C51H99O7P3. The molecule has 0 radical (unpaired) electrons. The van der Waals surface area contributed by atoms with E-state index in [4.69, 9.17) is 18.9 Å². The lowest BCUT2D eigenvalue weighted by Gasteiger charge is -2.18. The first-order chi connectivity index (χ1) is 30.0. The highest BCUT2D eigenvalue weighted by molar-refractivity contribution is 7.38. The van der Waals surface area contributed by atoms with Gasteiger partial charge < -0.3 is 18.9 Å². The average molecular weight is 917 g/mol. The Morgan fingerprint density at radius 1 is 0.410 bits per heavy atom. The standard InChI is InChI=1S/C51H99O7P3/c1-4-7-10-12-21-30-38-59-40-32-23-15-19-26-35-49(52)55-43-46(44-56-50(53)36-27-20-16-24-33-41-60-39-31-22-13-11-8-5-2)57-51(54)37-28-18-14-17-25-34-47-48(58-47)45-61-42-29-9-6-3/h46-48,59-61H,4-45H2,1-3H3. The number of rotatable bonds is 49. The van der Waals surface area contributed by atoms with Gasteiger partial charge in [-0.1, -0.05) is 162 Å². The second-order valence-electron chi connectivity index (χ2n) is 18.0. The number of carbonyl (C=O) groups is 3. The third kappa shape index (κ3) is 42.1. The van der Waals surface area contributed by atoms with Crippen LogP contribution in [0.5, 0.6) is 0 Å². The zero-order chi connectivity index (χ0) is 44.1. The van der Waals surface area contributed by atoms with Crippen molar-refractivity contribution in [1.29, 1.82) is 0 Å². The van der Waals surface area contributed by atoms with E-state index in [0.29, 0.717) is 31.5 Å². The summed E-state index contributed by atoms with van der Waals surface area (Å²) in [6.07, 6.45) is 47.3. The summed E-state index contributed by atoms with van der Waals surface area (Å²) in [5, 5.41) is 0. The number of ether oxygens (including phenoxy) is 4. The number of hydrogen-bond donors (Lipinski definition) is 0. The summed E-state index contributed by atoms with van der Waals surface area (Å²) in [6, 6.07) is 0. The molecule has 1 fully saturated rings. The lowest BCUT2D eigenvalue weighted by atomic mass is 10.1. The molecule has 0 aromatic carbocycles. The van der Waals surface area contributed by atoms with Crippen molar-refractivity contribution in [2.75, 3.05) is 50.2 Å². The Morgan fingerprint density at radius 3 is 1.21 bits per heavy atom. The van der Waals surface area contributed by atoms with Gasteiger partial charge in [0.2, 0.25) is 0 Å². The normalized spacial score (nSPS) is 15.8. The van der Waals surface area contributed by atoms with E-state index in [1.165, 1.54) is 165 Å². The predicted octanol–water partition coefficient (Wildman–Crippen LogP) is 15.1. The van der Waals surface area contributed by atoms with E-state index >= 15 is 0 Å². The van der Waals surface area contributed by atoms with E-state index in [1.807, 2.05) is 0 Å². The SMILES string of the molecule is CCCCCCCCPCCCCCCCC(=O)OCC(COC(=O)CCCCCCCPCCCCCCCC)OC(=O)CCCCCCCC1OC1CPCCCCC. The molecule has 61 heavy (non-hydrogen) atoms. The zero-order valence-electron chi connectivity index (χ0n) is 40.3. The van der Waals surface area contributed by atoms with Crippen molar-refractivity contribution in [2.24, 2.45) is 0 Å². The van der Waals surface area contributed by atoms with Gasteiger partial charge in [-0.25, -0.2) is 0 Å². The monoisotopic (exact) mass is 917 g/mol. The minimum atomic E-state index is -0.770. The summed E-state index contributed by atoms with van der Waals surface area (Å²) >= 11 is 0. The highest BCUT2D eigenvalue weighted by atomic mass is 31.1. The van der Waals surface area contributed by atoms with Crippen molar-refractivity contribution in [1.82, 2.24) is 0 Å². The van der Waals surface area contributed by atoms with Gasteiger partial charge in [-0.15, -0.1) is 25.7 Å². The largest absolute Gasteiger partial charge is 0.462 e. The molecule has 1 heterocycles. The lowest BCUT2D eigenvalue weighted by molar-refractivity contribution is -0.167. The van der Waals surface area contributed by atoms with E-state index in [0.717, 1.165) is 96.4 Å². The third-order valence-corrected chi connectivity index (χ3v) is 16.1. The zero-order valence-corrected chi connectivity index (χ0v) is 43.3. The van der Waals surface area contributed by atoms with Gasteiger partial charge in [0.1, 0.15) is 13.2 Å². The van der Waals surface area contributed by atoms with Crippen LogP contribution in [0.1, 0.15) is 239 Å². The van der Waals surface area contributed by atoms with Gasteiger partial charge in [-0.05, 0) is 94.8 Å².